The van der Waals surface area contributed by atoms with E-state index in [4.69, 9.17) is 5.26 Å². The molecule has 1 saturated heterocycles. The molecule has 2 unspecified atom stereocenters. The van der Waals surface area contributed by atoms with E-state index in [-0.39, 0.29) is 5.91 Å². The largest absolute Gasteiger partial charge is 0.339 e. The van der Waals surface area contributed by atoms with E-state index in [1.165, 1.54) is 6.42 Å². The number of hydrogen-bond donors (Lipinski definition) is 0. The molecule has 0 saturated carbocycles. The first-order valence-electron chi connectivity index (χ1n) is 5.90. The van der Waals surface area contributed by atoms with E-state index >= 15 is 0 Å². The van der Waals surface area contributed by atoms with Crippen LogP contribution in [0.1, 0.15) is 46.0 Å². The lowest BCUT2D eigenvalue weighted by Crippen LogP contribution is -2.44. The zero-order valence-corrected chi connectivity index (χ0v) is 9.70. The predicted molar refractivity (Wildman–Crippen MR) is 59.0 cm³/mol. The Bertz CT molecular complexity index is 257. The summed E-state index contributed by atoms with van der Waals surface area (Å²) in [6.45, 7) is 4.93. The van der Waals surface area contributed by atoms with E-state index in [1.807, 2.05) is 11.8 Å². The molecular formula is C12H20N2O. The molecule has 2 atom stereocenters. The minimum atomic E-state index is -0.421. The molecule has 0 aromatic rings. The van der Waals surface area contributed by atoms with Gasteiger partial charge in [0.25, 0.3) is 0 Å². The first kappa shape index (κ1) is 12.0. The zero-order chi connectivity index (χ0) is 11.3. The standard InChI is InChI=1S/C12H20N2O/c1-3-6-11(9-13)12(15)14-8-5-4-7-10(14)2/h10-11H,3-8H2,1-2H3. The Balaban J connectivity index is 2.61. The Morgan fingerprint density at radius 2 is 2.33 bits per heavy atom. The summed E-state index contributed by atoms with van der Waals surface area (Å²) in [5, 5.41) is 8.95. The Kier molecular flexibility index (Phi) is 4.61. The van der Waals surface area contributed by atoms with Crippen molar-refractivity contribution < 1.29 is 4.79 Å². The van der Waals surface area contributed by atoms with E-state index < -0.39 is 5.92 Å². The van der Waals surface area contributed by atoms with Gasteiger partial charge in [0.05, 0.1) is 6.07 Å². The lowest BCUT2D eigenvalue weighted by molar-refractivity contribution is -0.137. The summed E-state index contributed by atoms with van der Waals surface area (Å²) in [6, 6.07) is 2.45. The van der Waals surface area contributed by atoms with E-state index in [0.717, 1.165) is 25.8 Å². The second-order valence-electron chi connectivity index (χ2n) is 4.35. The van der Waals surface area contributed by atoms with Gasteiger partial charge in [-0.05, 0) is 32.6 Å². The van der Waals surface area contributed by atoms with Gasteiger partial charge in [-0.15, -0.1) is 0 Å². The second-order valence-corrected chi connectivity index (χ2v) is 4.35. The molecule has 1 fully saturated rings. The van der Waals surface area contributed by atoms with Gasteiger partial charge in [-0.1, -0.05) is 13.3 Å². The topological polar surface area (TPSA) is 44.1 Å². The van der Waals surface area contributed by atoms with Crippen LogP contribution in [-0.4, -0.2) is 23.4 Å². The summed E-state index contributed by atoms with van der Waals surface area (Å²) in [5.41, 5.74) is 0. The van der Waals surface area contributed by atoms with E-state index in [1.54, 1.807) is 0 Å². The average molecular weight is 208 g/mol. The lowest BCUT2D eigenvalue weighted by atomic mass is 9.98. The summed E-state index contributed by atoms with van der Waals surface area (Å²) in [4.78, 5) is 13.9. The van der Waals surface area contributed by atoms with Crippen LogP contribution in [0, 0.1) is 17.2 Å². The highest BCUT2D eigenvalue weighted by atomic mass is 16.2. The normalized spacial score (nSPS) is 23.3. The molecule has 0 spiro atoms. The quantitative estimate of drug-likeness (QED) is 0.714. The first-order chi connectivity index (χ1) is 7.20. The van der Waals surface area contributed by atoms with Crippen molar-refractivity contribution in [1.29, 1.82) is 5.26 Å². The average Bonchev–Trinajstić information content (AvgIpc) is 2.25. The van der Waals surface area contributed by atoms with Crippen LogP contribution in [0.5, 0.6) is 0 Å². The third-order valence-electron chi connectivity index (χ3n) is 3.12. The van der Waals surface area contributed by atoms with Crippen LogP contribution in [0.2, 0.25) is 0 Å². The number of likely N-dealkylation sites (tertiary alicyclic amines) is 1. The molecule has 0 aromatic carbocycles. The Morgan fingerprint density at radius 1 is 1.60 bits per heavy atom. The highest BCUT2D eigenvalue weighted by molar-refractivity contribution is 5.81. The van der Waals surface area contributed by atoms with Crippen molar-refractivity contribution in [3.05, 3.63) is 0 Å². The van der Waals surface area contributed by atoms with Gasteiger partial charge >= 0.3 is 0 Å². The molecule has 84 valence electrons. The predicted octanol–water partition coefficient (Wildman–Crippen LogP) is 2.33. The number of rotatable bonds is 3. The lowest BCUT2D eigenvalue weighted by Gasteiger charge is -2.34. The van der Waals surface area contributed by atoms with Gasteiger partial charge in [-0.3, -0.25) is 4.79 Å². The van der Waals surface area contributed by atoms with Crippen LogP contribution in [0.15, 0.2) is 0 Å². The Hall–Kier alpha value is -1.04. The van der Waals surface area contributed by atoms with Gasteiger partial charge in [0.2, 0.25) is 5.91 Å². The van der Waals surface area contributed by atoms with Crippen LogP contribution in [0.3, 0.4) is 0 Å². The second kappa shape index (κ2) is 5.75. The van der Waals surface area contributed by atoms with Gasteiger partial charge in [-0.2, -0.15) is 5.26 Å². The molecule has 3 nitrogen and oxygen atoms in total. The molecule has 1 amide bonds. The summed E-state index contributed by atoms with van der Waals surface area (Å²) in [6.07, 6.45) is 4.96. The van der Waals surface area contributed by atoms with Gasteiger partial charge in [0, 0.05) is 12.6 Å². The highest BCUT2D eigenvalue weighted by Gasteiger charge is 2.28. The highest BCUT2D eigenvalue weighted by Crippen LogP contribution is 2.20. The van der Waals surface area contributed by atoms with Crippen LogP contribution in [0.25, 0.3) is 0 Å². The minimum Gasteiger partial charge on any atom is -0.339 e. The zero-order valence-electron chi connectivity index (χ0n) is 9.70. The van der Waals surface area contributed by atoms with E-state index in [2.05, 4.69) is 13.0 Å². The van der Waals surface area contributed by atoms with Crippen LogP contribution >= 0.6 is 0 Å². The van der Waals surface area contributed by atoms with E-state index in [0.29, 0.717) is 12.5 Å². The number of hydrogen-bond acceptors (Lipinski definition) is 2. The molecule has 0 bridgehead atoms. The molecule has 0 aromatic heterocycles. The summed E-state index contributed by atoms with van der Waals surface area (Å²) < 4.78 is 0. The summed E-state index contributed by atoms with van der Waals surface area (Å²) in [5.74, 6) is -0.373. The summed E-state index contributed by atoms with van der Waals surface area (Å²) >= 11 is 0. The monoisotopic (exact) mass is 208 g/mol. The fraction of sp³-hybridized carbons (Fsp3) is 0.833. The van der Waals surface area contributed by atoms with Crippen molar-refractivity contribution >= 4 is 5.91 Å². The van der Waals surface area contributed by atoms with Crippen molar-refractivity contribution in [3.63, 3.8) is 0 Å². The molecule has 1 heterocycles. The van der Waals surface area contributed by atoms with Gasteiger partial charge in [-0.25, -0.2) is 0 Å². The minimum absolute atomic E-state index is 0.0477. The molecule has 0 N–H and O–H groups in total. The fourth-order valence-corrected chi connectivity index (χ4v) is 2.16. The molecule has 1 rings (SSSR count). The smallest absolute Gasteiger partial charge is 0.240 e. The molecule has 1 aliphatic rings. The molecule has 1 aliphatic heterocycles. The van der Waals surface area contributed by atoms with Gasteiger partial charge in [0.15, 0.2) is 0 Å². The van der Waals surface area contributed by atoms with Crippen molar-refractivity contribution in [2.45, 2.75) is 52.0 Å². The number of carbonyl (C=O) groups excluding carboxylic acids is 1. The Morgan fingerprint density at radius 3 is 2.87 bits per heavy atom. The fourth-order valence-electron chi connectivity index (χ4n) is 2.16. The third kappa shape index (κ3) is 2.95. The van der Waals surface area contributed by atoms with Crippen molar-refractivity contribution in [2.24, 2.45) is 5.92 Å². The SMILES string of the molecule is CCCC(C#N)C(=O)N1CCCCC1C. The van der Waals surface area contributed by atoms with Crippen LogP contribution in [0.4, 0.5) is 0 Å². The maximum atomic E-state index is 12.0. The van der Waals surface area contributed by atoms with Crippen LogP contribution < -0.4 is 0 Å². The molecule has 3 heteroatoms. The van der Waals surface area contributed by atoms with Gasteiger partial charge in [0.1, 0.15) is 5.92 Å². The van der Waals surface area contributed by atoms with Gasteiger partial charge < -0.3 is 4.90 Å². The molecule has 15 heavy (non-hydrogen) atoms. The van der Waals surface area contributed by atoms with Crippen molar-refractivity contribution in [3.8, 4) is 6.07 Å². The van der Waals surface area contributed by atoms with Crippen molar-refractivity contribution in [2.75, 3.05) is 6.54 Å². The molecular weight excluding hydrogens is 188 g/mol. The maximum absolute atomic E-state index is 12.0. The number of amides is 1. The maximum Gasteiger partial charge on any atom is 0.240 e. The third-order valence-corrected chi connectivity index (χ3v) is 3.12. The molecule has 0 aliphatic carbocycles. The number of nitriles is 1. The van der Waals surface area contributed by atoms with Crippen molar-refractivity contribution in [1.82, 2.24) is 4.90 Å². The Labute approximate surface area is 92.1 Å². The number of carbonyl (C=O) groups is 1. The number of nitrogens with zero attached hydrogens (tertiary/aromatic N) is 2. The first-order valence-corrected chi connectivity index (χ1v) is 5.90. The van der Waals surface area contributed by atoms with Crippen LogP contribution in [-0.2, 0) is 4.79 Å². The summed E-state index contributed by atoms with van der Waals surface area (Å²) in [7, 11) is 0. The molecule has 0 radical (unpaired) electrons. The van der Waals surface area contributed by atoms with E-state index in [9.17, 15) is 4.79 Å². The number of piperidine rings is 1.